The van der Waals surface area contributed by atoms with E-state index in [2.05, 4.69) is 15.8 Å². The molecule has 0 bridgehead atoms. The summed E-state index contributed by atoms with van der Waals surface area (Å²) >= 11 is 0. The number of hydrazone groups is 1. The van der Waals surface area contributed by atoms with Gasteiger partial charge in [0.2, 0.25) is 5.91 Å². The van der Waals surface area contributed by atoms with Gasteiger partial charge < -0.3 is 5.32 Å². The number of benzene rings is 2. The average Bonchev–Trinajstić information content (AvgIpc) is 2.48. The monoisotopic (exact) mass is 281 g/mol. The zero-order valence-corrected chi connectivity index (χ0v) is 11.5. The summed E-state index contributed by atoms with van der Waals surface area (Å²) in [6.07, 6.45) is 1.57. The van der Waals surface area contributed by atoms with Crippen molar-refractivity contribution in [1.29, 1.82) is 0 Å². The fourth-order valence-electron chi connectivity index (χ4n) is 1.68. The molecule has 2 aromatic rings. The number of nitrogens with one attached hydrogen (secondary N) is 2. The maximum Gasteiger partial charge on any atom is 0.271 e. The minimum absolute atomic E-state index is 0.153. The van der Waals surface area contributed by atoms with E-state index in [9.17, 15) is 9.59 Å². The second-order valence-corrected chi connectivity index (χ2v) is 4.37. The van der Waals surface area contributed by atoms with Crippen LogP contribution in [0.1, 0.15) is 22.8 Å². The summed E-state index contributed by atoms with van der Waals surface area (Å²) in [7, 11) is 0. The zero-order chi connectivity index (χ0) is 15.1. The Morgan fingerprint density at radius 1 is 1.00 bits per heavy atom. The Morgan fingerprint density at radius 2 is 1.67 bits per heavy atom. The Labute approximate surface area is 122 Å². The van der Waals surface area contributed by atoms with Crippen LogP contribution in [0, 0.1) is 0 Å². The van der Waals surface area contributed by atoms with Crippen LogP contribution in [0.4, 0.5) is 5.69 Å². The summed E-state index contributed by atoms with van der Waals surface area (Å²) in [5.41, 5.74) is 4.46. The van der Waals surface area contributed by atoms with Gasteiger partial charge in [0.15, 0.2) is 0 Å². The number of anilines is 1. The van der Waals surface area contributed by atoms with Crippen LogP contribution >= 0.6 is 0 Å². The summed E-state index contributed by atoms with van der Waals surface area (Å²) in [5.74, 6) is -0.462. The lowest BCUT2D eigenvalue weighted by Gasteiger charge is -2.03. The molecule has 0 aliphatic carbocycles. The standard InChI is InChI=1S/C16H15N3O2/c1-12(20)18-15-9-7-14(8-10-15)16(21)19-17-11-13-5-3-2-4-6-13/h2-11H,1H3,(H,18,20)(H,19,21). The number of hydrogen-bond acceptors (Lipinski definition) is 3. The molecule has 2 rings (SSSR count). The lowest BCUT2D eigenvalue weighted by atomic mass is 10.2. The molecular weight excluding hydrogens is 266 g/mol. The summed E-state index contributed by atoms with van der Waals surface area (Å²) in [5, 5.41) is 6.53. The average molecular weight is 281 g/mol. The van der Waals surface area contributed by atoms with Crippen molar-refractivity contribution in [3.63, 3.8) is 0 Å². The highest BCUT2D eigenvalue weighted by atomic mass is 16.2. The number of nitrogens with zero attached hydrogens (tertiary/aromatic N) is 1. The quantitative estimate of drug-likeness (QED) is 0.667. The van der Waals surface area contributed by atoms with Gasteiger partial charge in [-0.05, 0) is 29.8 Å². The first-order valence-electron chi connectivity index (χ1n) is 6.41. The molecule has 0 radical (unpaired) electrons. The summed E-state index contributed by atoms with van der Waals surface area (Å²) in [6, 6.07) is 16.0. The van der Waals surface area contributed by atoms with E-state index in [1.54, 1.807) is 30.5 Å². The Morgan fingerprint density at radius 3 is 2.29 bits per heavy atom. The van der Waals surface area contributed by atoms with E-state index < -0.39 is 0 Å². The second-order valence-electron chi connectivity index (χ2n) is 4.37. The van der Waals surface area contributed by atoms with Gasteiger partial charge in [0.1, 0.15) is 0 Å². The van der Waals surface area contributed by atoms with E-state index in [1.807, 2.05) is 30.3 Å². The first-order chi connectivity index (χ1) is 10.1. The molecule has 2 amide bonds. The van der Waals surface area contributed by atoms with Crippen LogP contribution in [0.5, 0.6) is 0 Å². The van der Waals surface area contributed by atoms with Gasteiger partial charge in [-0.1, -0.05) is 30.3 Å². The number of hydrogen-bond donors (Lipinski definition) is 2. The van der Waals surface area contributed by atoms with Gasteiger partial charge in [0, 0.05) is 18.2 Å². The topological polar surface area (TPSA) is 70.6 Å². The van der Waals surface area contributed by atoms with Crippen LogP contribution in [0.15, 0.2) is 59.7 Å². The summed E-state index contributed by atoms with van der Waals surface area (Å²) < 4.78 is 0. The van der Waals surface area contributed by atoms with Crippen molar-refractivity contribution < 1.29 is 9.59 Å². The van der Waals surface area contributed by atoms with Crippen molar-refractivity contribution in [3.05, 3.63) is 65.7 Å². The molecule has 2 N–H and O–H groups in total. The third-order valence-electron chi connectivity index (χ3n) is 2.65. The molecule has 5 nitrogen and oxygen atoms in total. The highest BCUT2D eigenvalue weighted by Gasteiger charge is 2.04. The maximum atomic E-state index is 11.9. The molecule has 106 valence electrons. The molecule has 0 aromatic heterocycles. The molecular formula is C16H15N3O2. The van der Waals surface area contributed by atoms with Crippen molar-refractivity contribution in [3.8, 4) is 0 Å². The minimum Gasteiger partial charge on any atom is -0.326 e. The molecule has 0 aliphatic heterocycles. The van der Waals surface area contributed by atoms with E-state index >= 15 is 0 Å². The smallest absolute Gasteiger partial charge is 0.271 e. The molecule has 0 unspecified atom stereocenters. The minimum atomic E-state index is -0.309. The fraction of sp³-hybridized carbons (Fsp3) is 0.0625. The first-order valence-corrected chi connectivity index (χ1v) is 6.41. The Bertz CT molecular complexity index is 649. The highest BCUT2D eigenvalue weighted by molar-refractivity contribution is 5.96. The van der Waals surface area contributed by atoms with Crippen molar-refractivity contribution in [2.75, 3.05) is 5.32 Å². The number of carbonyl (C=O) groups is 2. The lowest BCUT2D eigenvalue weighted by molar-refractivity contribution is -0.114. The molecule has 21 heavy (non-hydrogen) atoms. The van der Waals surface area contributed by atoms with Crippen LogP contribution in [0.25, 0.3) is 0 Å². The molecule has 0 saturated heterocycles. The zero-order valence-electron chi connectivity index (χ0n) is 11.5. The SMILES string of the molecule is CC(=O)Nc1ccc(C(=O)NN=Cc2ccccc2)cc1. The number of amides is 2. The van der Waals surface area contributed by atoms with Gasteiger partial charge in [-0.2, -0.15) is 5.10 Å². The maximum absolute atomic E-state index is 11.9. The van der Waals surface area contributed by atoms with Crippen LogP contribution in [-0.4, -0.2) is 18.0 Å². The van der Waals surface area contributed by atoms with Crippen LogP contribution in [0.3, 0.4) is 0 Å². The van der Waals surface area contributed by atoms with E-state index in [1.165, 1.54) is 6.92 Å². The Balaban J connectivity index is 1.94. The van der Waals surface area contributed by atoms with Gasteiger partial charge in [0.05, 0.1) is 6.21 Å². The first kappa shape index (κ1) is 14.5. The normalized spacial score (nSPS) is 10.3. The van der Waals surface area contributed by atoms with Crippen molar-refractivity contribution in [2.45, 2.75) is 6.92 Å². The fourth-order valence-corrected chi connectivity index (χ4v) is 1.68. The highest BCUT2D eigenvalue weighted by Crippen LogP contribution is 2.09. The van der Waals surface area contributed by atoms with Crippen LogP contribution < -0.4 is 10.7 Å². The molecule has 0 heterocycles. The van der Waals surface area contributed by atoms with Gasteiger partial charge in [0.25, 0.3) is 5.91 Å². The molecule has 0 spiro atoms. The Hall–Kier alpha value is -2.95. The van der Waals surface area contributed by atoms with Gasteiger partial charge in [-0.15, -0.1) is 0 Å². The van der Waals surface area contributed by atoms with E-state index in [4.69, 9.17) is 0 Å². The van der Waals surface area contributed by atoms with Gasteiger partial charge in [-0.25, -0.2) is 5.43 Å². The van der Waals surface area contributed by atoms with E-state index in [0.717, 1.165) is 5.56 Å². The van der Waals surface area contributed by atoms with Crippen molar-refractivity contribution >= 4 is 23.7 Å². The van der Waals surface area contributed by atoms with Crippen LogP contribution in [0.2, 0.25) is 0 Å². The summed E-state index contributed by atoms with van der Waals surface area (Å²) in [6.45, 7) is 1.43. The predicted molar refractivity (Wildman–Crippen MR) is 82.2 cm³/mol. The third-order valence-corrected chi connectivity index (χ3v) is 2.65. The largest absolute Gasteiger partial charge is 0.326 e. The third kappa shape index (κ3) is 4.58. The predicted octanol–water partition coefficient (Wildman–Crippen LogP) is 2.41. The van der Waals surface area contributed by atoms with Crippen LogP contribution in [-0.2, 0) is 4.79 Å². The van der Waals surface area contributed by atoms with Crippen molar-refractivity contribution in [1.82, 2.24) is 5.43 Å². The Kier molecular flexibility index (Phi) is 4.82. The lowest BCUT2D eigenvalue weighted by Crippen LogP contribution is -2.17. The second kappa shape index (κ2) is 7.00. The molecule has 0 saturated carbocycles. The van der Waals surface area contributed by atoms with Gasteiger partial charge >= 0.3 is 0 Å². The summed E-state index contributed by atoms with van der Waals surface area (Å²) in [4.78, 5) is 22.8. The molecule has 0 fully saturated rings. The molecule has 0 atom stereocenters. The number of rotatable bonds is 4. The number of carbonyl (C=O) groups excluding carboxylic acids is 2. The van der Waals surface area contributed by atoms with Gasteiger partial charge in [-0.3, -0.25) is 9.59 Å². The molecule has 0 aliphatic rings. The van der Waals surface area contributed by atoms with Crippen molar-refractivity contribution in [2.24, 2.45) is 5.10 Å². The molecule has 5 heteroatoms. The molecule has 2 aromatic carbocycles. The van der Waals surface area contributed by atoms with E-state index in [-0.39, 0.29) is 11.8 Å². The van der Waals surface area contributed by atoms with E-state index in [0.29, 0.717) is 11.3 Å².